The molecular formula is C16H26O. The van der Waals surface area contributed by atoms with Gasteiger partial charge in [0.25, 0.3) is 0 Å². The van der Waals surface area contributed by atoms with E-state index in [1.165, 1.54) is 28.7 Å². The summed E-state index contributed by atoms with van der Waals surface area (Å²) in [4.78, 5) is 0. The molecule has 0 fully saturated rings. The molecule has 0 saturated heterocycles. The Morgan fingerprint density at radius 1 is 1.18 bits per heavy atom. The average Bonchev–Trinajstić information content (AvgIpc) is 2.15. The fraction of sp³-hybridized carbons (Fsp3) is 0.625. The third kappa shape index (κ3) is 3.32. The first-order valence-corrected chi connectivity index (χ1v) is 6.64. The number of aliphatic hydroxyl groups excluding tert-OH is 1. The number of aliphatic hydroxyl groups is 1. The van der Waals surface area contributed by atoms with Crippen LogP contribution in [-0.4, -0.2) is 11.7 Å². The van der Waals surface area contributed by atoms with Gasteiger partial charge in [0.1, 0.15) is 0 Å². The van der Waals surface area contributed by atoms with Crippen LogP contribution in [0.15, 0.2) is 12.1 Å². The Morgan fingerprint density at radius 3 is 2.35 bits per heavy atom. The lowest BCUT2D eigenvalue weighted by molar-refractivity contribution is 0.251. The molecule has 1 nitrogen and oxygen atoms in total. The smallest absolute Gasteiger partial charge is 0.0439 e. The molecule has 0 bridgehead atoms. The maximum atomic E-state index is 9.23. The van der Waals surface area contributed by atoms with Crippen LogP contribution in [0.1, 0.15) is 55.9 Å². The maximum Gasteiger partial charge on any atom is 0.0439 e. The lowest BCUT2D eigenvalue weighted by Crippen LogP contribution is -2.22. The molecule has 1 aromatic carbocycles. The molecule has 0 aliphatic carbocycles. The van der Waals surface area contributed by atoms with E-state index in [9.17, 15) is 5.11 Å². The highest BCUT2D eigenvalue weighted by Crippen LogP contribution is 2.33. The summed E-state index contributed by atoms with van der Waals surface area (Å²) in [7, 11) is 0. The van der Waals surface area contributed by atoms with E-state index >= 15 is 0 Å². The Bertz CT molecular complexity index is 377. The zero-order valence-corrected chi connectivity index (χ0v) is 11.9. The van der Waals surface area contributed by atoms with Gasteiger partial charge >= 0.3 is 0 Å². The van der Waals surface area contributed by atoms with E-state index in [0.29, 0.717) is 0 Å². The molecule has 0 aliphatic rings. The van der Waals surface area contributed by atoms with E-state index in [1.54, 1.807) is 0 Å². The van der Waals surface area contributed by atoms with E-state index in [0.717, 1.165) is 12.8 Å². The van der Waals surface area contributed by atoms with E-state index in [4.69, 9.17) is 0 Å². The van der Waals surface area contributed by atoms with Crippen molar-refractivity contribution >= 4 is 0 Å². The van der Waals surface area contributed by atoms with Crippen LogP contribution < -0.4 is 0 Å². The van der Waals surface area contributed by atoms with Gasteiger partial charge in [-0.25, -0.2) is 0 Å². The molecule has 0 atom stereocenters. The van der Waals surface area contributed by atoms with Gasteiger partial charge in [0.05, 0.1) is 0 Å². The van der Waals surface area contributed by atoms with Crippen molar-refractivity contribution in [1.82, 2.24) is 0 Å². The first kappa shape index (κ1) is 14.2. The molecule has 1 heteroatoms. The molecule has 0 radical (unpaired) electrons. The highest BCUT2D eigenvalue weighted by Gasteiger charge is 2.24. The van der Waals surface area contributed by atoms with E-state index in [1.807, 2.05) is 0 Å². The normalized spacial score (nSPS) is 11.9. The van der Waals surface area contributed by atoms with Crippen molar-refractivity contribution in [2.24, 2.45) is 0 Å². The molecule has 0 aliphatic heterocycles. The zero-order chi connectivity index (χ0) is 13.1. The van der Waals surface area contributed by atoms with Crippen LogP contribution in [0.5, 0.6) is 0 Å². The van der Waals surface area contributed by atoms with E-state index in [-0.39, 0.29) is 12.0 Å². The number of hydrogen-bond acceptors (Lipinski definition) is 1. The second kappa shape index (κ2) is 5.68. The van der Waals surface area contributed by atoms with Gasteiger partial charge in [-0.15, -0.1) is 0 Å². The monoisotopic (exact) mass is 234 g/mol. The third-order valence-corrected chi connectivity index (χ3v) is 3.49. The summed E-state index contributed by atoms with van der Waals surface area (Å²) >= 11 is 0. The molecule has 1 aromatic rings. The van der Waals surface area contributed by atoms with Crippen molar-refractivity contribution in [3.63, 3.8) is 0 Å². The summed E-state index contributed by atoms with van der Waals surface area (Å²) in [6.45, 7) is 11.3. The summed E-state index contributed by atoms with van der Waals surface area (Å²) in [5, 5.41) is 9.23. The fourth-order valence-electron chi connectivity index (χ4n) is 2.90. The molecule has 1 rings (SSSR count). The Balaban J connectivity index is 3.29. The highest BCUT2D eigenvalue weighted by molar-refractivity contribution is 5.43. The molecule has 0 saturated carbocycles. The van der Waals surface area contributed by atoms with Crippen LogP contribution >= 0.6 is 0 Å². The zero-order valence-electron chi connectivity index (χ0n) is 11.9. The van der Waals surface area contributed by atoms with Crippen LogP contribution in [0.3, 0.4) is 0 Å². The van der Waals surface area contributed by atoms with Gasteiger partial charge in [0.15, 0.2) is 0 Å². The maximum absolute atomic E-state index is 9.23. The number of hydrogen-bond donors (Lipinski definition) is 1. The highest BCUT2D eigenvalue weighted by atomic mass is 16.3. The summed E-state index contributed by atoms with van der Waals surface area (Å²) in [5.74, 6) is 0. The Kier molecular flexibility index (Phi) is 4.76. The molecule has 0 heterocycles. The van der Waals surface area contributed by atoms with Crippen molar-refractivity contribution in [2.45, 2.75) is 59.3 Å². The molecule has 0 amide bonds. The molecule has 0 aromatic heterocycles. The molecule has 96 valence electrons. The van der Waals surface area contributed by atoms with E-state index < -0.39 is 0 Å². The van der Waals surface area contributed by atoms with Gasteiger partial charge in [-0.05, 0) is 48.8 Å². The minimum atomic E-state index is 0.0665. The standard InChI is InChI=1S/C16H26O/c1-6-7-14-11-12(2)10-13(3)15(14)16(4,5)8-9-17/h10-11,17H,6-9H2,1-5H3. The number of rotatable bonds is 5. The fourth-order valence-corrected chi connectivity index (χ4v) is 2.90. The van der Waals surface area contributed by atoms with Crippen LogP contribution in [0.25, 0.3) is 0 Å². The van der Waals surface area contributed by atoms with Crippen LogP contribution in [0, 0.1) is 13.8 Å². The Hall–Kier alpha value is -0.820. The SMILES string of the molecule is CCCc1cc(C)cc(C)c1C(C)(C)CCO. The molecule has 1 N–H and O–H groups in total. The van der Waals surface area contributed by atoms with Gasteiger partial charge in [-0.2, -0.15) is 0 Å². The second-order valence-corrected chi connectivity index (χ2v) is 5.72. The summed E-state index contributed by atoms with van der Waals surface area (Å²) in [6, 6.07) is 4.57. The predicted molar refractivity (Wildman–Crippen MR) is 74.6 cm³/mol. The quantitative estimate of drug-likeness (QED) is 0.819. The second-order valence-electron chi connectivity index (χ2n) is 5.72. The molecule has 0 spiro atoms. The lowest BCUT2D eigenvalue weighted by atomic mass is 9.75. The van der Waals surface area contributed by atoms with Gasteiger partial charge < -0.3 is 5.11 Å². The lowest BCUT2D eigenvalue weighted by Gasteiger charge is -2.29. The average molecular weight is 234 g/mol. The largest absolute Gasteiger partial charge is 0.396 e. The Labute approximate surface area is 106 Å². The molecular weight excluding hydrogens is 208 g/mol. The van der Waals surface area contributed by atoms with Crippen molar-refractivity contribution < 1.29 is 5.11 Å². The predicted octanol–water partition coefficient (Wildman–Crippen LogP) is 3.92. The van der Waals surface area contributed by atoms with Crippen molar-refractivity contribution in [3.05, 3.63) is 34.4 Å². The summed E-state index contributed by atoms with van der Waals surface area (Å²) in [5.41, 5.74) is 5.68. The van der Waals surface area contributed by atoms with Crippen molar-refractivity contribution in [2.75, 3.05) is 6.61 Å². The third-order valence-electron chi connectivity index (χ3n) is 3.49. The Morgan fingerprint density at radius 2 is 1.82 bits per heavy atom. The summed E-state index contributed by atoms with van der Waals surface area (Å²) < 4.78 is 0. The van der Waals surface area contributed by atoms with Gasteiger partial charge in [-0.1, -0.05) is 44.9 Å². The van der Waals surface area contributed by atoms with Gasteiger partial charge in [-0.3, -0.25) is 0 Å². The number of benzene rings is 1. The van der Waals surface area contributed by atoms with Gasteiger partial charge in [0.2, 0.25) is 0 Å². The first-order valence-electron chi connectivity index (χ1n) is 6.64. The van der Waals surface area contributed by atoms with Crippen molar-refractivity contribution in [3.8, 4) is 0 Å². The van der Waals surface area contributed by atoms with Gasteiger partial charge in [0, 0.05) is 6.61 Å². The van der Waals surface area contributed by atoms with Crippen LogP contribution in [0.4, 0.5) is 0 Å². The summed E-state index contributed by atoms with van der Waals surface area (Å²) in [6.07, 6.45) is 3.13. The molecule has 17 heavy (non-hydrogen) atoms. The minimum absolute atomic E-state index is 0.0665. The van der Waals surface area contributed by atoms with E-state index in [2.05, 4.69) is 46.8 Å². The minimum Gasteiger partial charge on any atom is -0.396 e. The first-order chi connectivity index (χ1) is 7.92. The molecule has 0 unspecified atom stereocenters. The van der Waals surface area contributed by atoms with Crippen molar-refractivity contribution in [1.29, 1.82) is 0 Å². The topological polar surface area (TPSA) is 20.2 Å². The van der Waals surface area contributed by atoms with Crippen LogP contribution in [-0.2, 0) is 11.8 Å². The van der Waals surface area contributed by atoms with Crippen LogP contribution in [0.2, 0.25) is 0 Å². The number of aryl methyl sites for hydroxylation is 3.